The van der Waals surface area contributed by atoms with Crippen molar-refractivity contribution in [3.8, 4) is 5.75 Å². The summed E-state index contributed by atoms with van der Waals surface area (Å²) in [5, 5.41) is 2.27. The first-order valence-electron chi connectivity index (χ1n) is 10.8. The highest BCUT2D eigenvalue weighted by Crippen LogP contribution is 2.31. The van der Waals surface area contributed by atoms with Crippen molar-refractivity contribution in [3.63, 3.8) is 0 Å². The molecule has 28 heavy (non-hydrogen) atoms. The fourth-order valence-electron chi connectivity index (χ4n) is 3.66. The normalized spacial score (nSPS) is 25.1. The summed E-state index contributed by atoms with van der Waals surface area (Å²) < 4.78 is 24.8. The van der Waals surface area contributed by atoms with Crippen LogP contribution in [0, 0.1) is 0 Å². The molecule has 0 amide bonds. The van der Waals surface area contributed by atoms with Crippen LogP contribution in [0.25, 0.3) is 10.8 Å². The third-order valence-electron chi connectivity index (χ3n) is 5.27. The largest absolute Gasteiger partial charge is 0.464 e. The molecule has 1 fully saturated rings. The van der Waals surface area contributed by atoms with E-state index >= 15 is 0 Å². The van der Waals surface area contributed by atoms with Gasteiger partial charge < -0.3 is 18.9 Å². The van der Waals surface area contributed by atoms with E-state index in [0.717, 1.165) is 50.0 Å². The molecular formula is C24H34O4. The molecule has 154 valence electrons. The van der Waals surface area contributed by atoms with Crippen LogP contribution >= 0.6 is 0 Å². The lowest BCUT2D eigenvalue weighted by atomic mass is 10.0. The fraction of sp³-hybridized carbons (Fsp3) is 0.583. The fourth-order valence-corrected chi connectivity index (χ4v) is 3.66. The molecule has 0 N–H and O–H groups in total. The van der Waals surface area contributed by atoms with E-state index in [0.29, 0.717) is 6.42 Å². The van der Waals surface area contributed by atoms with Gasteiger partial charge in [-0.05, 0) is 31.2 Å². The van der Waals surface area contributed by atoms with Crippen molar-refractivity contribution in [2.45, 2.75) is 77.5 Å². The summed E-state index contributed by atoms with van der Waals surface area (Å²) in [5.41, 5.74) is 0. The number of benzene rings is 2. The first kappa shape index (κ1) is 21.1. The van der Waals surface area contributed by atoms with Crippen molar-refractivity contribution >= 4 is 10.8 Å². The van der Waals surface area contributed by atoms with Gasteiger partial charge >= 0.3 is 0 Å². The molecule has 0 bridgehead atoms. The molecule has 1 saturated heterocycles. The Balaban J connectivity index is 1.70. The predicted octanol–water partition coefficient (Wildman–Crippen LogP) is 5.72. The summed E-state index contributed by atoms with van der Waals surface area (Å²) in [6, 6.07) is 14.4. The number of fused-ring (bicyclic) bond motifs is 1. The molecule has 0 saturated carbocycles. The molecule has 0 aliphatic carbocycles. The highest BCUT2D eigenvalue weighted by Gasteiger charge is 2.39. The van der Waals surface area contributed by atoms with Crippen LogP contribution in [0.2, 0.25) is 0 Å². The molecule has 4 nitrogen and oxygen atoms in total. The molecule has 1 unspecified atom stereocenters. The first-order valence-corrected chi connectivity index (χ1v) is 10.8. The van der Waals surface area contributed by atoms with Gasteiger partial charge in [-0.3, -0.25) is 0 Å². The van der Waals surface area contributed by atoms with Gasteiger partial charge in [-0.25, -0.2) is 0 Å². The summed E-state index contributed by atoms with van der Waals surface area (Å²) in [6.45, 7) is 7.91. The number of ether oxygens (including phenoxy) is 4. The number of unbranched alkanes of at least 4 members (excludes halogenated alkanes) is 2. The standard InChI is InChI=1S/C24H34O4/c1-4-6-15-25-22-17-23(27-18(3)24(22)26-16-7-5-2)28-21-14-10-12-19-11-8-9-13-20(19)21/h8-14,18,22-24H,4-7,15-17H2,1-3H3/t18?,22-,23-,24+/m1/s1. The Hall–Kier alpha value is -1.62. The molecule has 2 aromatic rings. The Bertz CT molecular complexity index is 711. The molecule has 1 aliphatic rings. The molecule has 0 radical (unpaired) electrons. The molecule has 0 spiro atoms. The molecular weight excluding hydrogens is 352 g/mol. The minimum atomic E-state index is -0.335. The van der Waals surface area contributed by atoms with Crippen LogP contribution < -0.4 is 4.74 Å². The van der Waals surface area contributed by atoms with Gasteiger partial charge in [0.15, 0.2) is 0 Å². The van der Waals surface area contributed by atoms with Crippen LogP contribution in [0.1, 0.15) is 52.9 Å². The predicted molar refractivity (Wildman–Crippen MR) is 113 cm³/mol. The Morgan fingerprint density at radius 3 is 2.43 bits per heavy atom. The summed E-state index contributed by atoms with van der Waals surface area (Å²) >= 11 is 0. The second-order valence-electron chi connectivity index (χ2n) is 7.55. The van der Waals surface area contributed by atoms with Crippen molar-refractivity contribution in [2.24, 2.45) is 0 Å². The van der Waals surface area contributed by atoms with Crippen molar-refractivity contribution in [1.82, 2.24) is 0 Å². The summed E-state index contributed by atoms with van der Waals surface area (Å²) in [4.78, 5) is 0. The molecule has 1 heterocycles. The second kappa shape index (κ2) is 10.8. The van der Waals surface area contributed by atoms with E-state index in [4.69, 9.17) is 18.9 Å². The quantitative estimate of drug-likeness (QED) is 0.489. The smallest absolute Gasteiger partial charge is 0.202 e. The summed E-state index contributed by atoms with van der Waals surface area (Å²) in [7, 11) is 0. The van der Waals surface area contributed by atoms with E-state index in [1.165, 1.54) is 5.39 Å². The zero-order valence-electron chi connectivity index (χ0n) is 17.4. The molecule has 4 heteroatoms. The summed E-state index contributed by atoms with van der Waals surface area (Å²) in [6.07, 6.45) is 4.57. The highest BCUT2D eigenvalue weighted by atomic mass is 16.7. The third-order valence-corrected chi connectivity index (χ3v) is 5.27. The van der Waals surface area contributed by atoms with Crippen LogP contribution in [0.5, 0.6) is 5.75 Å². The van der Waals surface area contributed by atoms with Crippen LogP contribution in [-0.2, 0) is 14.2 Å². The number of hydrogen-bond acceptors (Lipinski definition) is 4. The van der Waals surface area contributed by atoms with Gasteiger partial charge in [0.2, 0.25) is 6.29 Å². The molecule has 3 rings (SSSR count). The Labute approximate surface area is 169 Å². The lowest BCUT2D eigenvalue weighted by Crippen LogP contribution is -2.51. The number of rotatable bonds is 10. The van der Waals surface area contributed by atoms with Gasteiger partial charge in [-0.2, -0.15) is 0 Å². The Morgan fingerprint density at radius 2 is 1.64 bits per heavy atom. The average molecular weight is 387 g/mol. The van der Waals surface area contributed by atoms with Gasteiger partial charge in [0.25, 0.3) is 0 Å². The van der Waals surface area contributed by atoms with E-state index in [-0.39, 0.29) is 24.6 Å². The van der Waals surface area contributed by atoms with Crippen molar-refractivity contribution in [2.75, 3.05) is 13.2 Å². The first-order chi connectivity index (χ1) is 13.7. The SMILES string of the molecule is CCCCO[C@@H]1C[C@@H](Oc2cccc3ccccc23)OC(C)[C@@H]1OCCCC. The van der Waals surface area contributed by atoms with Crippen LogP contribution in [0.3, 0.4) is 0 Å². The van der Waals surface area contributed by atoms with Gasteiger partial charge in [0.05, 0.1) is 12.2 Å². The van der Waals surface area contributed by atoms with Gasteiger partial charge in [-0.1, -0.05) is 63.1 Å². The maximum Gasteiger partial charge on any atom is 0.202 e. The maximum absolute atomic E-state index is 6.29. The van der Waals surface area contributed by atoms with E-state index < -0.39 is 0 Å². The monoisotopic (exact) mass is 386 g/mol. The average Bonchev–Trinajstić information content (AvgIpc) is 2.70. The lowest BCUT2D eigenvalue weighted by molar-refractivity contribution is -0.238. The minimum Gasteiger partial charge on any atom is -0.464 e. The molecule has 4 atom stereocenters. The molecule has 2 aromatic carbocycles. The van der Waals surface area contributed by atoms with Crippen molar-refractivity contribution < 1.29 is 18.9 Å². The van der Waals surface area contributed by atoms with Crippen LogP contribution in [0.15, 0.2) is 42.5 Å². The minimum absolute atomic E-state index is 0.00728. The Morgan fingerprint density at radius 1 is 0.929 bits per heavy atom. The number of hydrogen-bond donors (Lipinski definition) is 0. The maximum atomic E-state index is 6.29. The topological polar surface area (TPSA) is 36.9 Å². The molecule has 0 aromatic heterocycles. The van der Waals surface area contributed by atoms with Crippen molar-refractivity contribution in [1.29, 1.82) is 0 Å². The van der Waals surface area contributed by atoms with Gasteiger partial charge in [0.1, 0.15) is 11.9 Å². The van der Waals surface area contributed by atoms with Gasteiger partial charge in [0, 0.05) is 25.0 Å². The summed E-state index contributed by atoms with van der Waals surface area (Å²) in [5.74, 6) is 0.855. The van der Waals surface area contributed by atoms with Crippen molar-refractivity contribution in [3.05, 3.63) is 42.5 Å². The lowest BCUT2D eigenvalue weighted by Gasteiger charge is -2.40. The zero-order chi connectivity index (χ0) is 19.8. The van der Waals surface area contributed by atoms with E-state index in [1.807, 2.05) is 24.3 Å². The highest BCUT2D eigenvalue weighted by molar-refractivity contribution is 5.88. The van der Waals surface area contributed by atoms with E-state index in [1.54, 1.807) is 0 Å². The van der Waals surface area contributed by atoms with E-state index in [2.05, 4.69) is 39.0 Å². The third kappa shape index (κ3) is 5.47. The van der Waals surface area contributed by atoms with Crippen LogP contribution in [0.4, 0.5) is 0 Å². The zero-order valence-corrected chi connectivity index (χ0v) is 17.4. The Kier molecular flexibility index (Phi) is 8.13. The molecule has 1 aliphatic heterocycles. The van der Waals surface area contributed by atoms with E-state index in [9.17, 15) is 0 Å². The van der Waals surface area contributed by atoms with Crippen LogP contribution in [-0.4, -0.2) is 37.8 Å². The second-order valence-corrected chi connectivity index (χ2v) is 7.55. The van der Waals surface area contributed by atoms with Gasteiger partial charge in [-0.15, -0.1) is 0 Å².